The molecular formula is H11F11. The van der Waals surface area contributed by atoms with E-state index in [1.807, 2.05) is 0 Å². The maximum absolute atomic E-state index is 0. The van der Waals surface area contributed by atoms with E-state index in [0.29, 0.717) is 0 Å². The van der Waals surface area contributed by atoms with Crippen LogP contribution in [0.3, 0.4) is 0 Å². The van der Waals surface area contributed by atoms with E-state index in [4.69, 9.17) is 0 Å². The van der Waals surface area contributed by atoms with Crippen molar-refractivity contribution >= 4 is 0 Å². The van der Waals surface area contributed by atoms with Gasteiger partial charge in [0.25, 0.3) is 0 Å². The summed E-state index contributed by atoms with van der Waals surface area (Å²) in [5.74, 6) is 0. The summed E-state index contributed by atoms with van der Waals surface area (Å²) >= 11 is 0. The maximum Gasteiger partial charge on any atom is -0.269 e. The van der Waals surface area contributed by atoms with Crippen LogP contribution in [0.1, 0.15) is 0 Å². The third-order valence-electron chi connectivity index (χ3n) is 0. The van der Waals surface area contributed by atoms with Crippen molar-refractivity contribution in [2.45, 2.75) is 0 Å². The molecule has 0 rings (SSSR count). The van der Waals surface area contributed by atoms with Crippen molar-refractivity contribution in [1.82, 2.24) is 0 Å². The average Bonchev–Trinajstić information content (AvgIpc) is 0. The first-order valence-corrected chi connectivity index (χ1v) is 0. The van der Waals surface area contributed by atoms with Crippen LogP contribution in [-0.4, -0.2) is 0 Å². The Kier molecular flexibility index (Phi) is 141000. The number of halogens is 11. The van der Waals surface area contributed by atoms with Crippen LogP contribution in [0.2, 0.25) is 0 Å². The van der Waals surface area contributed by atoms with Crippen molar-refractivity contribution in [3.05, 3.63) is 0 Å². The molecule has 11 heavy (non-hydrogen) atoms. The summed E-state index contributed by atoms with van der Waals surface area (Å²) in [5, 5.41) is 0. The highest BCUT2D eigenvalue weighted by Crippen LogP contribution is 0.430. The zero-order valence-corrected chi connectivity index (χ0v) is 4.49. The van der Waals surface area contributed by atoms with Gasteiger partial charge in [0.2, 0.25) is 0 Å². The zero-order chi connectivity index (χ0) is 0. The number of rotatable bonds is 0. The molecule has 0 spiro atoms. The Labute approximate surface area is 53.4 Å². The van der Waals surface area contributed by atoms with E-state index >= 15 is 0 Å². The van der Waals surface area contributed by atoms with Crippen LogP contribution in [-0.2, 0) is 0 Å². The maximum atomic E-state index is 0. The fraction of sp³-hybridized carbons (Fsp3) is 0. The Bertz CT molecular complexity index is 0. The van der Waals surface area contributed by atoms with E-state index < -0.39 is 0 Å². The van der Waals surface area contributed by atoms with Gasteiger partial charge in [0, 0.05) is 0 Å². The van der Waals surface area contributed by atoms with Crippen molar-refractivity contribution in [1.29, 1.82) is 0 Å². The molecule has 0 aromatic heterocycles. The van der Waals surface area contributed by atoms with Gasteiger partial charge >= 0.3 is 0 Å². The van der Waals surface area contributed by atoms with Crippen molar-refractivity contribution in [3.8, 4) is 0 Å². The summed E-state index contributed by atoms with van der Waals surface area (Å²) < 4.78 is 0. The third-order valence-corrected chi connectivity index (χ3v) is 0. The SMILES string of the molecule is F.F.F.F.F.F.F.F.F.F.F. The van der Waals surface area contributed by atoms with Crippen LogP contribution in [0.4, 0.5) is 51.7 Å². The third kappa shape index (κ3) is 814. The molecule has 0 aromatic carbocycles. The van der Waals surface area contributed by atoms with Gasteiger partial charge in [-0.05, 0) is 0 Å². The molecule has 0 atom stereocenters. The summed E-state index contributed by atoms with van der Waals surface area (Å²) in [6.45, 7) is 0. The first-order valence-electron chi connectivity index (χ1n) is 0. The lowest BCUT2D eigenvalue weighted by Crippen LogP contribution is 0.419. The topological polar surface area (TPSA) is 0 Å². The zero-order valence-electron chi connectivity index (χ0n) is 4.49. The van der Waals surface area contributed by atoms with Crippen LogP contribution in [0, 0.1) is 0 Å². The Morgan fingerprint density at radius 3 is 0.0909 bits per heavy atom. The molecule has 0 fully saturated rings. The molecule has 0 saturated carbocycles. The molecule has 0 radical (unpaired) electrons. The Balaban J connectivity index is 0. The molecule has 0 bridgehead atoms. The number of hydrogen-bond acceptors (Lipinski definition) is 0. The van der Waals surface area contributed by atoms with Gasteiger partial charge in [-0.25, -0.2) is 0 Å². The predicted octanol–water partition coefficient (Wildman–Crippen LogP) is 1.68. The predicted molar refractivity (Wildman–Crippen MR) is 27.5 cm³/mol. The normalized spacial score (nSPS) is 0. The van der Waals surface area contributed by atoms with Crippen molar-refractivity contribution in [2.75, 3.05) is 0 Å². The first kappa shape index (κ1) is 1470. The molecule has 0 heterocycles. The lowest BCUT2D eigenvalue weighted by Gasteiger charge is -0.270. The number of hydrogen-bond donors (Lipinski definition) is 0. The second kappa shape index (κ2) is 1050. The van der Waals surface area contributed by atoms with E-state index in [9.17, 15) is 0 Å². The van der Waals surface area contributed by atoms with Crippen molar-refractivity contribution < 1.29 is 51.7 Å². The summed E-state index contributed by atoms with van der Waals surface area (Å²) in [5.41, 5.74) is 0. The van der Waals surface area contributed by atoms with Crippen LogP contribution in [0.25, 0.3) is 0 Å². The summed E-state index contributed by atoms with van der Waals surface area (Å²) in [7, 11) is 0. The molecule has 0 aliphatic heterocycles. The largest absolute Gasteiger partial charge is 0.269 e. The van der Waals surface area contributed by atoms with Crippen molar-refractivity contribution in [2.24, 2.45) is 0 Å². The van der Waals surface area contributed by atoms with Gasteiger partial charge in [-0.3, -0.25) is 51.7 Å². The minimum absolute atomic E-state index is 0. The fourth-order valence-electron chi connectivity index (χ4n) is 0. The molecule has 0 saturated heterocycles. The Morgan fingerprint density at radius 1 is 0.0909 bits per heavy atom. The average molecular weight is 220 g/mol. The van der Waals surface area contributed by atoms with E-state index in [2.05, 4.69) is 0 Å². The van der Waals surface area contributed by atoms with Gasteiger partial charge < -0.3 is 0 Å². The molecule has 0 aliphatic carbocycles. The first-order chi connectivity index (χ1) is 0. The van der Waals surface area contributed by atoms with Gasteiger partial charge in [0.15, 0.2) is 0 Å². The highest BCUT2D eigenvalue weighted by atomic mass is 19.0. The molecule has 88 valence electrons. The van der Waals surface area contributed by atoms with Gasteiger partial charge in [0.05, 0.1) is 0 Å². The minimum atomic E-state index is 0. The Hall–Kier alpha value is -0.770. The van der Waals surface area contributed by atoms with Gasteiger partial charge in [-0.15, -0.1) is 0 Å². The van der Waals surface area contributed by atoms with E-state index in [-0.39, 0.29) is 51.7 Å². The van der Waals surface area contributed by atoms with E-state index in [1.165, 1.54) is 0 Å². The fourth-order valence-corrected chi connectivity index (χ4v) is 0. The minimum Gasteiger partial charge on any atom is -0.269 e. The summed E-state index contributed by atoms with van der Waals surface area (Å²) in [6, 6.07) is 0. The summed E-state index contributed by atoms with van der Waals surface area (Å²) in [4.78, 5) is 0. The second-order valence-corrected chi connectivity index (χ2v) is 0. The highest BCUT2D eigenvalue weighted by Gasteiger charge is -0.259. The molecule has 0 aromatic rings. The molecule has 0 N–H and O–H groups in total. The molecule has 0 amide bonds. The monoisotopic (exact) mass is 220 g/mol. The van der Waals surface area contributed by atoms with Crippen LogP contribution in [0.15, 0.2) is 0 Å². The molecule has 0 nitrogen and oxygen atoms in total. The second-order valence-electron chi connectivity index (χ2n) is 0. The van der Waals surface area contributed by atoms with Gasteiger partial charge in [0.1, 0.15) is 0 Å². The standard InChI is InChI=1S/11FH/h11*1H. The van der Waals surface area contributed by atoms with Crippen molar-refractivity contribution in [3.63, 3.8) is 0 Å². The van der Waals surface area contributed by atoms with E-state index in [1.54, 1.807) is 0 Å². The molecule has 11 heteroatoms. The smallest absolute Gasteiger partial charge is 0.269 e. The molecular weight excluding hydrogens is 209 g/mol. The molecule has 0 unspecified atom stereocenters. The molecule has 0 aliphatic rings. The van der Waals surface area contributed by atoms with Crippen LogP contribution in [0.5, 0.6) is 0 Å². The Morgan fingerprint density at radius 2 is 0.0909 bits per heavy atom. The summed E-state index contributed by atoms with van der Waals surface area (Å²) in [6.07, 6.45) is 0. The van der Waals surface area contributed by atoms with Gasteiger partial charge in [-0.2, -0.15) is 0 Å². The van der Waals surface area contributed by atoms with E-state index in [0.717, 1.165) is 0 Å². The van der Waals surface area contributed by atoms with Crippen LogP contribution < -0.4 is 0 Å². The quantitative estimate of drug-likeness (QED) is 0.545. The van der Waals surface area contributed by atoms with Crippen LogP contribution >= 0.6 is 0 Å². The lowest BCUT2D eigenvalue weighted by molar-refractivity contribution is 1.11. The van der Waals surface area contributed by atoms with Gasteiger partial charge in [-0.1, -0.05) is 0 Å². The highest BCUT2D eigenvalue weighted by molar-refractivity contribution is 1.12. The lowest BCUT2D eigenvalue weighted by atomic mass is 19.0.